The summed E-state index contributed by atoms with van der Waals surface area (Å²) in [6, 6.07) is -0.530. The second-order valence-corrected chi connectivity index (χ2v) is 4.04. The molecule has 0 aromatic heterocycles. The number of nitrogens with two attached hydrogens (primary N) is 1. The molecule has 2 amide bonds. The van der Waals surface area contributed by atoms with Crippen LogP contribution in [0.25, 0.3) is 0 Å². The Hall–Kier alpha value is -1.14. The number of nitrogens with zero attached hydrogens (tertiary/aromatic N) is 1. The molecular weight excluding hydrogens is 222 g/mol. The Morgan fingerprint density at radius 3 is 2.41 bits per heavy atom. The summed E-state index contributed by atoms with van der Waals surface area (Å²) in [5, 5.41) is 2.62. The molecule has 0 saturated heterocycles. The maximum Gasteiger partial charge on any atom is 0.244 e. The molecule has 0 radical (unpaired) electrons. The van der Waals surface area contributed by atoms with E-state index in [2.05, 4.69) is 5.32 Å². The zero-order chi connectivity index (χ0) is 13.4. The van der Waals surface area contributed by atoms with Crippen molar-refractivity contribution in [1.82, 2.24) is 10.2 Å². The lowest BCUT2D eigenvalue weighted by Crippen LogP contribution is -2.45. The van der Waals surface area contributed by atoms with Crippen LogP contribution in [0.3, 0.4) is 0 Å². The first kappa shape index (κ1) is 15.9. The number of amides is 2. The Balaban J connectivity index is 4.12. The first-order valence-electron chi connectivity index (χ1n) is 5.74. The van der Waals surface area contributed by atoms with Gasteiger partial charge in [-0.25, -0.2) is 0 Å². The number of carbonyl (C=O) groups excluding carboxylic acids is 2. The first-order valence-corrected chi connectivity index (χ1v) is 5.74. The van der Waals surface area contributed by atoms with Crippen LogP contribution in [0, 0.1) is 0 Å². The lowest BCUT2D eigenvalue weighted by molar-refractivity contribution is -0.134. The van der Waals surface area contributed by atoms with Crippen LogP contribution < -0.4 is 11.1 Å². The van der Waals surface area contributed by atoms with E-state index in [9.17, 15) is 9.59 Å². The third-order valence-corrected chi connectivity index (χ3v) is 2.27. The standard InChI is InChI=1S/C11H23N3O3/c1-5-17-9(7-12)6-10(15)13-8(2)11(16)14(3)4/h8-9H,5-7,12H2,1-4H3,(H,13,15). The SMILES string of the molecule is CCOC(CN)CC(=O)NC(C)C(=O)N(C)C. The number of nitrogens with one attached hydrogen (secondary N) is 1. The van der Waals surface area contributed by atoms with Crippen LogP contribution in [0.4, 0.5) is 0 Å². The Labute approximate surface area is 102 Å². The van der Waals surface area contributed by atoms with Gasteiger partial charge in [0.15, 0.2) is 0 Å². The van der Waals surface area contributed by atoms with Gasteiger partial charge in [0, 0.05) is 27.2 Å². The number of likely N-dealkylation sites (N-methyl/N-ethyl adjacent to an activating group) is 1. The minimum absolute atomic E-state index is 0.140. The molecule has 6 nitrogen and oxygen atoms in total. The van der Waals surface area contributed by atoms with Gasteiger partial charge in [-0.3, -0.25) is 9.59 Å². The van der Waals surface area contributed by atoms with Gasteiger partial charge in [-0.05, 0) is 13.8 Å². The van der Waals surface area contributed by atoms with Crippen molar-refractivity contribution in [3.63, 3.8) is 0 Å². The zero-order valence-electron chi connectivity index (χ0n) is 11.0. The van der Waals surface area contributed by atoms with Gasteiger partial charge in [0.1, 0.15) is 6.04 Å². The van der Waals surface area contributed by atoms with Gasteiger partial charge < -0.3 is 20.7 Å². The van der Waals surface area contributed by atoms with Crippen LogP contribution in [0.5, 0.6) is 0 Å². The summed E-state index contributed by atoms with van der Waals surface area (Å²) in [7, 11) is 3.29. The fourth-order valence-electron chi connectivity index (χ4n) is 1.40. The molecule has 100 valence electrons. The molecule has 0 rings (SSSR count). The Morgan fingerprint density at radius 2 is 2.00 bits per heavy atom. The van der Waals surface area contributed by atoms with E-state index in [0.717, 1.165) is 0 Å². The third kappa shape index (κ3) is 6.23. The van der Waals surface area contributed by atoms with Gasteiger partial charge >= 0.3 is 0 Å². The van der Waals surface area contributed by atoms with Crippen molar-refractivity contribution in [2.45, 2.75) is 32.4 Å². The maximum absolute atomic E-state index is 11.6. The maximum atomic E-state index is 11.6. The molecule has 0 fully saturated rings. The molecule has 0 aliphatic carbocycles. The van der Waals surface area contributed by atoms with Crippen LogP contribution in [-0.2, 0) is 14.3 Å². The summed E-state index contributed by atoms with van der Waals surface area (Å²) in [6.45, 7) is 4.30. The van der Waals surface area contributed by atoms with Crippen molar-refractivity contribution in [1.29, 1.82) is 0 Å². The monoisotopic (exact) mass is 245 g/mol. The molecule has 2 atom stereocenters. The largest absolute Gasteiger partial charge is 0.377 e. The molecule has 0 heterocycles. The van der Waals surface area contributed by atoms with Crippen LogP contribution in [-0.4, -0.2) is 56.1 Å². The number of hydrogen-bond donors (Lipinski definition) is 2. The topological polar surface area (TPSA) is 84.7 Å². The molecule has 0 aliphatic heterocycles. The van der Waals surface area contributed by atoms with Crippen LogP contribution in [0.1, 0.15) is 20.3 Å². The molecule has 0 aliphatic rings. The van der Waals surface area contributed by atoms with Crippen molar-refractivity contribution >= 4 is 11.8 Å². The van der Waals surface area contributed by atoms with E-state index in [-0.39, 0.29) is 30.9 Å². The predicted molar refractivity (Wildman–Crippen MR) is 65.4 cm³/mol. The lowest BCUT2D eigenvalue weighted by Gasteiger charge is -2.19. The minimum atomic E-state index is -0.530. The fraction of sp³-hybridized carbons (Fsp3) is 0.818. The van der Waals surface area contributed by atoms with Crippen molar-refractivity contribution < 1.29 is 14.3 Å². The lowest BCUT2D eigenvalue weighted by atomic mass is 10.2. The number of rotatable bonds is 7. The first-order chi connectivity index (χ1) is 7.92. The number of carbonyl (C=O) groups is 2. The van der Waals surface area contributed by atoms with E-state index in [0.29, 0.717) is 6.61 Å². The smallest absolute Gasteiger partial charge is 0.244 e. The van der Waals surface area contributed by atoms with Crippen LogP contribution in [0.15, 0.2) is 0 Å². The molecular formula is C11H23N3O3. The predicted octanol–water partition coefficient (Wildman–Crippen LogP) is -0.667. The van der Waals surface area contributed by atoms with E-state index in [1.807, 2.05) is 6.92 Å². The van der Waals surface area contributed by atoms with Crippen molar-refractivity contribution in [2.24, 2.45) is 5.73 Å². The van der Waals surface area contributed by atoms with Crippen molar-refractivity contribution in [3.05, 3.63) is 0 Å². The van der Waals surface area contributed by atoms with Gasteiger partial charge in [0.05, 0.1) is 12.5 Å². The summed E-state index contributed by atoms with van der Waals surface area (Å²) < 4.78 is 5.27. The second kappa shape index (κ2) is 8.03. The van der Waals surface area contributed by atoms with E-state index in [4.69, 9.17) is 10.5 Å². The molecule has 3 N–H and O–H groups in total. The quantitative estimate of drug-likeness (QED) is 0.623. The highest BCUT2D eigenvalue weighted by Crippen LogP contribution is 1.98. The van der Waals surface area contributed by atoms with Gasteiger partial charge in [-0.15, -0.1) is 0 Å². The number of ether oxygens (including phenoxy) is 1. The van der Waals surface area contributed by atoms with Gasteiger partial charge in [-0.1, -0.05) is 0 Å². The molecule has 0 aromatic carbocycles. The van der Waals surface area contributed by atoms with Crippen LogP contribution in [0.2, 0.25) is 0 Å². The van der Waals surface area contributed by atoms with E-state index >= 15 is 0 Å². The average Bonchev–Trinajstić information content (AvgIpc) is 2.26. The van der Waals surface area contributed by atoms with E-state index in [1.165, 1.54) is 4.90 Å². The summed E-state index contributed by atoms with van der Waals surface area (Å²) in [6.07, 6.45) is -0.114. The van der Waals surface area contributed by atoms with Crippen molar-refractivity contribution in [3.8, 4) is 0 Å². The van der Waals surface area contributed by atoms with Crippen LogP contribution >= 0.6 is 0 Å². The highest BCUT2D eigenvalue weighted by molar-refractivity contribution is 5.87. The molecule has 6 heteroatoms. The van der Waals surface area contributed by atoms with Gasteiger partial charge in [0.25, 0.3) is 0 Å². The Morgan fingerprint density at radius 1 is 1.41 bits per heavy atom. The van der Waals surface area contributed by atoms with Gasteiger partial charge in [0.2, 0.25) is 11.8 Å². The minimum Gasteiger partial charge on any atom is -0.377 e. The summed E-state index contributed by atoms with van der Waals surface area (Å²) in [5.41, 5.74) is 5.47. The second-order valence-electron chi connectivity index (χ2n) is 4.04. The highest BCUT2D eigenvalue weighted by atomic mass is 16.5. The fourth-order valence-corrected chi connectivity index (χ4v) is 1.40. The molecule has 2 unspecified atom stereocenters. The molecule has 0 aromatic rings. The molecule has 0 saturated carbocycles. The van der Waals surface area contributed by atoms with E-state index < -0.39 is 6.04 Å². The molecule has 0 spiro atoms. The van der Waals surface area contributed by atoms with Crippen molar-refractivity contribution in [2.75, 3.05) is 27.2 Å². The average molecular weight is 245 g/mol. The molecule has 0 bridgehead atoms. The van der Waals surface area contributed by atoms with Gasteiger partial charge in [-0.2, -0.15) is 0 Å². The highest BCUT2D eigenvalue weighted by Gasteiger charge is 2.19. The summed E-state index contributed by atoms with van der Waals surface area (Å²) in [5.74, 6) is -0.365. The summed E-state index contributed by atoms with van der Waals surface area (Å²) in [4.78, 5) is 24.6. The molecule has 17 heavy (non-hydrogen) atoms. The van der Waals surface area contributed by atoms with E-state index in [1.54, 1.807) is 21.0 Å². The zero-order valence-corrected chi connectivity index (χ0v) is 11.0. The summed E-state index contributed by atoms with van der Waals surface area (Å²) >= 11 is 0. The Bertz CT molecular complexity index is 256. The third-order valence-electron chi connectivity index (χ3n) is 2.27. The number of hydrogen-bond acceptors (Lipinski definition) is 4. The Kier molecular flexibility index (Phi) is 7.49. The normalized spacial score (nSPS) is 13.9.